The summed E-state index contributed by atoms with van der Waals surface area (Å²) in [5.41, 5.74) is 4.00. The van der Waals surface area contributed by atoms with Gasteiger partial charge in [0.1, 0.15) is 17.6 Å². The molecule has 5 rings (SSSR count). The van der Waals surface area contributed by atoms with Crippen LogP contribution in [0.25, 0.3) is 11.3 Å². The van der Waals surface area contributed by atoms with Crippen molar-refractivity contribution in [1.82, 2.24) is 10.3 Å². The lowest BCUT2D eigenvalue weighted by Crippen LogP contribution is -2.29. The van der Waals surface area contributed by atoms with E-state index in [0.717, 1.165) is 38.5 Å². The van der Waals surface area contributed by atoms with Crippen LogP contribution in [0.1, 0.15) is 29.1 Å². The number of hydrogen-bond donors (Lipinski definition) is 1. The predicted octanol–water partition coefficient (Wildman–Crippen LogP) is 7.24. The van der Waals surface area contributed by atoms with E-state index < -0.39 is 0 Å². The highest BCUT2D eigenvalue weighted by Gasteiger charge is 2.42. The molecule has 32 heavy (non-hydrogen) atoms. The molecule has 0 radical (unpaired) electrons. The number of pyridine rings is 1. The summed E-state index contributed by atoms with van der Waals surface area (Å²) in [6.07, 6.45) is 1.80. The average Bonchev–Trinajstić information content (AvgIpc) is 3.41. The maximum atomic E-state index is 6.38. The van der Waals surface area contributed by atoms with Gasteiger partial charge in [-0.2, -0.15) is 0 Å². The van der Waals surface area contributed by atoms with Gasteiger partial charge in [-0.1, -0.05) is 33.6 Å². The van der Waals surface area contributed by atoms with Crippen molar-refractivity contribution in [3.63, 3.8) is 0 Å². The van der Waals surface area contributed by atoms with Crippen LogP contribution in [-0.4, -0.2) is 10.1 Å². The number of furan rings is 1. The zero-order valence-electron chi connectivity index (χ0n) is 17.1. The number of aromatic nitrogens is 1. The van der Waals surface area contributed by atoms with E-state index >= 15 is 0 Å². The molecule has 0 spiro atoms. The lowest BCUT2D eigenvalue weighted by Gasteiger charge is -2.26. The third-order valence-electron chi connectivity index (χ3n) is 5.56. The molecule has 0 amide bonds. The Kier molecular flexibility index (Phi) is 5.76. The van der Waals surface area contributed by atoms with Gasteiger partial charge in [0.15, 0.2) is 5.11 Å². The second-order valence-corrected chi connectivity index (χ2v) is 9.32. The fourth-order valence-corrected chi connectivity index (χ4v) is 4.70. The van der Waals surface area contributed by atoms with E-state index in [2.05, 4.69) is 50.2 Å². The highest BCUT2D eigenvalue weighted by Crippen LogP contribution is 2.43. The number of hydrogen-bond acceptors (Lipinski definition) is 3. The molecule has 2 aromatic heterocycles. The van der Waals surface area contributed by atoms with Gasteiger partial charge in [-0.3, -0.25) is 4.98 Å². The summed E-state index contributed by atoms with van der Waals surface area (Å²) >= 11 is 15.4. The molecule has 0 unspecified atom stereocenters. The molecule has 7 heteroatoms. The van der Waals surface area contributed by atoms with Crippen molar-refractivity contribution in [1.29, 1.82) is 0 Å². The number of thiocarbonyl (C=S) groups is 1. The number of nitrogens with one attached hydrogen (secondary N) is 1. The maximum absolute atomic E-state index is 6.38. The second kappa shape index (κ2) is 8.70. The summed E-state index contributed by atoms with van der Waals surface area (Å²) in [4.78, 5) is 6.70. The normalized spacial score (nSPS) is 18.1. The van der Waals surface area contributed by atoms with Gasteiger partial charge in [-0.05, 0) is 91.4 Å². The summed E-state index contributed by atoms with van der Waals surface area (Å²) in [7, 11) is 0. The van der Waals surface area contributed by atoms with Gasteiger partial charge < -0.3 is 14.6 Å². The van der Waals surface area contributed by atoms with E-state index in [1.54, 1.807) is 6.20 Å². The lowest BCUT2D eigenvalue weighted by molar-refractivity contribution is 0.439. The van der Waals surface area contributed by atoms with E-state index in [1.165, 1.54) is 0 Å². The minimum Gasteiger partial charge on any atom is -0.459 e. The van der Waals surface area contributed by atoms with Crippen LogP contribution in [0.5, 0.6) is 0 Å². The molecule has 1 aliphatic heterocycles. The summed E-state index contributed by atoms with van der Waals surface area (Å²) in [6, 6.07) is 23.4. The minimum atomic E-state index is -0.195. The number of aryl methyl sites for hydroxylation is 1. The lowest BCUT2D eigenvalue weighted by atomic mass is 10.0. The number of benzene rings is 2. The molecular weight excluding hydrogens is 506 g/mol. The van der Waals surface area contributed by atoms with Gasteiger partial charge in [0.05, 0.1) is 11.7 Å². The molecule has 0 saturated carbocycles. The summed E-state index contributed by atoms with van der Waals surface area (Å²) < 4.78 is 7.43. The largest absolute Gasteiger partial charge is 0.459 e. The quantitative estimate of drug-likeness (QED) is 0.285. The first-order chi connectivity index (χ1) is 15.5. The number of nitrogens with zero attached hydrogens (tertiary/aromatic N) is 2. The Hall–Kier alpha value is -2.67. The first kappa shape index (κ1) is 21.2. The van der Waals surface area contributed by atoms with Crippen LogP contribution in [0.2, 0.25) is 5.02 Å². The Morgan fingerprint density at radius 3 is 2.59 bits per heavy atom. The van der Waals surface area contributed by atoms with Crippen molar-refractivity contribution in [3.05, 3.63) is 106 Å². The zero-order chi connectivity index (χ0) is 22.2. The van der Waals surface area contributed by atoms with E-state index in [4.69, 9.17) is 28.2 Å². The van der Waals surface area contributed by atoms with Crippen LogP contribution in [0.4, 0.5) is 5.69 Å². The molecule has 2 atom stereocenters. The van der Waals surface area contributed by atoms with Crippen LogP contribution >= 0.6 is 39.7 Å². The highest BCUT2D eigenvalue weighted by molar-refractivity contribution is 9.10. The standard InChI is InChI=1S/C25H19BrClN3OS/c1-15-14-18(9-10-19(15)26)30-24(23(29-25(30)32)20-4-2-3-13-28-20)22-12-11-21(31-22)16-5-7-17(27)8-6-16/h2-14,23-24H,1H3,(H,29,32)/t23-,24+/m0/s1. The van der Waals surface area contributed by atoms with E-state index in [9.17, 15) is 0 Å². The molecule has 3 heterocycles. The highest BCUT2D eigenvalue weighted by atomic mass is 79.9. The Morgan fingerprint density at radius 2 is 1.88 bits per heavy atom. The summed E-state index contributed by atoms with van der Waals surface area (Å²) in [6.45, 7) is 2.07. The zero-order valence-corrected chi connectivity index (χ0v) is 20.3. The summed E-state index contributed by atoms with van der Waals surface area (Å²) in [5.74, 6) is 1.58. The molecule has 1 saturated heterocycles. The molecular formula is C25H19BrClN3OS. The number of anilines is 1. The fourth-order valence-electron chi connectivity index (χ4n) is 3.98. The van der Waals surface area contributed by atoms with Gasteiger partial charge in [0.2, 0.25) is 0 Å². The Labute approximate surface area is 205 Å². The third-order valence-corrected chi connectivity index (χ3v) is 7.02. The molecule has 4 nitrogen and oxygen atoms in total. The Balaban J connectivity index is 1.60. The van der Waals surface area contributed by atoms with Crippen molar-refractivity contribution >= 4 is 50.5 Å². The van der Waals surface area contributed by atoms with Gasteiger partial charge >= 0.3 is 0 Å². The molecule has 4 aromatic rings. The van der Waals surface area contributed by atoms with Gasteiger partial charge in [0.25, 0.3) is 0 Å². The van der Waals surface area contributed by atoms with Crippen molar-refractivity contribution in [3.8, 4) is 11.3 Å². The monoisotopic (exact) mass is 523 g/mol. The van der Waals surface area contributed by atoms with Crippen LogP contribution in [-0.2, 0) is 0 Å². The van der Waals surface area contributed by atoms with Gasteiger partial charge in [0, 0.05) is 26.9 Å². The van der Waals surface area contributed by atoms with E-state index in [0.29, 0.717) is 10.1 Å². The van der Waals surface area contributed by atoms with E-state index in [1.807, 2.05) is 60.7 Å². The third kappa shape index (κ3) is 3.94. The molecule has 0 aliphatic carbocycles. The second-order valence-electron chi connectivity index (χ2n) is 7.64. The van der Waals surface area contributed by atoms with Crippen molar-refractivity contribution in [2.45, 2.75) is 19.0 Å². The minimum absolute atomic E-state index is 0.156. The van der Waals surface area contributed by atoms with Crippen LogP contribution < -0.4 is 10.2 Å². The molecule has 1 fully saturated rings. The first-order valence-electron chi connectivity index (χ1n) is 10.1. The molecule has 0 bridgehead atoms. The van der Waals surface area contributed by atoms with Gasteiger partial charge in [-0.25, -0.2) is 0 Å². The number of halogens is 2. The van der Waals surface area contributed by atoms with Crippen molar-refractivity contribution in [2.75, 3.05) is 4.90 Å². The smallest absolute Gasteiger partial charge is 0.174 e. The van der Waals surface area contributed by atoms with Crippen LogP contribution in [0, 0.1) is 6.92 Å². The van der Waals surface area contributed by atoms with Crippen molar-refractivity contribution in [2.24, 2.45) is 0 Å². The summed E-state index contributed by atoms with van der Waals surface area (Å²) in [5, 5.41) is 4.79. The SMILES string of the molecule is Cc1cc(N2C(=S)N[C@@H](c3ccccn3)[C@H]2c2ccc(-c3ccc(Cl)cc3)o2)ccc1Br. The molecule has 2 aromatic carbocycles. The van der Waals surface area contributed by atoms with Gasteiger partial charge in [-0.15, -0.1) is 0 Å². The number of rotatable bonds is 4. The first-order valence-corrected chi connectivity index (χ1v) is 11.7. The topological polar surface area (TPSA) is 41.3 Å². The molecule has 160 valence electrons. The predicted molar refractivity (Wildman–Crippen MR) is 136 cm³/mol. The Bertz CT molecular complexity index is 1280. The average molecular weight is 525 g/mol. The molecule has 1 N–H and O–H groups in total. The fraction of sp³-hybridized carbons (Fsp3) is 0.120. The van der Waals surface area contributed by atoms with E-state index in [-0.39, 0.29) is 12.1 Å². The van der Waals surface area contributed by atoms with Crippen molar-refractivity contribution < 1.29 is 4.42 Å². The van der Waals surface area contributed by atoms with Crippen LogP contribution in [0.15, 0.2) is 87.9 Å². The Morgan fingerprint density at radius 1 is 1.06 bits per heavy atom. The maximum Gasteiger partial charge on any atom is 0.174 e. The molecule has 1 aliphatic rings. The van der Waals surface area contributed by atoms with Crippen LogP contribution in [0.3, 0.4) is 0 Å².